The Morgan fingerprint density at radius 1 is 1.41 bits per heavy atom. The van der Waals surface area contributed by atoms with Gasteiger partial charge in [-0.3, -0.25) is 0 Å². The second-order valence-electron chi connectivity index (χ2n) is 3.89. The van der Waals surface area contributed by atoms with Gasteiger partial charge in [0.05, 0.1) is 12.4 Å². The van der Waals surface area contributed by atoms with Crippen molar-refractivity contribution in [3.63, 3.8) is 0 Å². The van der Waals surface area contributed by atoms with Crippen molar-refractivity contribution in [1.82, 2.24) is 0 Å². The van der Waals surface area contributed by atoms with E-state index >= 15 is 0 Å². The Hall–Kier alpha value is -1.32. The third-order valence-corrected chi connectivity index (χ3v) is 2.91. The Morgan fingerprint density at radius 3 is 2.82 bits per heavy atom. The molecule has 1 aromatic carbocycles. The zero-order valence-corrected chi connectivity index (χ0v) is 10.0. The maximum atomic E-state index is 13.5. The van der Waals surface area contributed by atoms with Crippen LogP contribution in [0.15, 0.2) is 34.9 Å². The quantitative estimate of drug-likeness (QED) is 0.907. The summed E-state index contributed by atoms with van der Waals surface area (Å²) in [6, 6.07) is 5.99. The van der Waals surface area contributed by atoms with Crippen molar-refractivity contribution in [2.45, 2.75) is 19.4 Å². The first-order chi connectivity index (χ1) is 8.08. The molecule has 1 aromatic heterocycles. The topological polar surface area (TPSA) is 33.4 Å². The predicted octanol–water partition coefficient (Wildman–Crippen LogP) is 3.66. The minimum Gasteiger partial charge on any atom is -0.469 e. The Balaban J connectivity index is 2.21. The first kappa shape index (κ1) is 12.1. The number of benzene rings is 1. The molecule has 2 nitrogen and oxygen atoms in total. The van der Waals surface area contributed by atoms with E-state index < -0.39 is 6.10 Å². The fourth-order valence-corrected chi connectivity index (χ4v) is 1.95. The van der Waals surface area contributed by atoms with Crippen molar-refractivity contribution in [2.75, 3.05) is 0 Å². The molecule has 2 aromatic rings. The van der Waals surface area contributed by atoms with Gasteiger partial charge >= 0.3 is 0 Å². The summed E-state index contributed by atoms with van der Waals surface area (Å²) >= 11 is 5.79. The molecule has 1 heterocycles. The molecule has 4 heteroatoms. The molecule has 1 atom stereocenters. The van der Waals surface area contributed by atoms with E-state index in [4.69, 9.17) is 16.0 Å². The lowest BCUT2D eigenvalue weighted by atomic mass is 10.0. The third-order valence-electron chi connectivity index (χ3n) is 2.68. The van der Waals surface area contributed by atoms with Crippen molar-refractivity contribution in [3.05, 3.63) is 58.3 Å². The van der Waals surface area contributed by atoms with Crippen LogP contribution in [-0.2, 0) is 6.42 Å². The Bertz CT molecular complexity index is 522. The average molecular weight is 255 g/mol. The highest BCUT2D eigenvalue weighted by molar-refractivity contribution is 6.30. The molecule has 0 saturated carbocycles. The van der Waals surface area contributed by atoms with Gasteiger partial charge in [-0.05, 0) is 36.8 Å². The maximum Gasteiger partial charge on any atom is 0.126 e. The van der Waals surface area contributed by atoms with E-state index in [1.54, 1.807) is 13.0 Å². The van der Waals surface area contributed by atoms with Crippen molar-refractivity contribution in [1.29, 1.82) is 0 Å². The summed E-state index contributed by atoms with van der Waals surface area (Å²) in [7, 11) is 0. The molecular formula is C13H12ClFO2. The third kappa shape index (κ3) is 2.68. The SMILES string of the molecule is Cc1occc1C(O)Cc1cc(Cl)ccc1F. The van der Waals surface area contributed by atoms with Crippen LogP contribution in [-0.4, -0.2) is 5.11 Å². The number of hydrogen-bond donors (Lipinski definition) is 1. The van der Waals surface area contributed by atoms with E-state index in [0.717, 1.165) is 0 Å². The number of aliphatic hydroxyl groups excluding tert-OH is 1. The number of hydrogen-bond acceptors (Lipinski definition) is 2. The molecule has 0 radical (unpaired) electrons. The lowest BCUT2D eigenvalue weighted by Crippen LogP contribution is -2.03. The summed E-state index contributed by atoms with van der Waals surface area (Å²) in [6.07, 6.45) is 0.886. The molecular weight excluding hydrogens is 243 g/mol. The minimum atomic E-state index is -0.790. The van der Waals surface area contributed by atoms with Crippen LogP contribution in [0, 0.1) is 12.7 Å². The van der Waals surface area contributed by atoms with Crippen LogP contribution in [0.5, 0.6) is 0 Å². The number of halogens is 2. The van der Waals surface area contributed by atoms with Crippen molar-refractivity contribution in [3.8, 4) is 0 Å². The lowest BCUT2D eigenvalue weighted by molar-refractivity contribution is 0.175. The molecule has 0 aliphatic carbocycles. The predicted molar refractivity (Wildman–Crippen MR) is 63.5 cm³/mol. The van der Waals surface area contributed by atoms with Crippen LogP contribution >= 0.6 is 11.6 Å². The molecule has 0 bridgehead atoms. The van der Waals surface area contributed by atoms with Gasteiger partial charge in [0.15, 0.2) is 0 Å². The van der Waals surface area contributed by atoms with Crippen molar-refractivity contribution >= 4 is 11.6 Å². The average Bonchev–Trinajstić information content (AvgIpc) is 2.70. The van der Waals surface area contributed by atoms with Crippen molar-refractivity contribution in [2.24, 2.45) is 0 Å². The number of aliphatic hydroxyl groups is 1. The van der Waals surface area contributed by atoms with Crippen LogP contribution in [0.25, 0.3) is 0 Å². The van der Waals surface area contributed by atoms with Gasteiger partial charge in [0.25, 0.3) is 0 Å². The minimum absolute atomic E-state index is 0.173. The number of rotatable bonds is 3. The van der Waals surface area contributed by atoms with Gasteiger partial charge in [-0.15, -0.1) is 0 Å². The number of furan rings is 1. The van der Waals surface area contributed by atoms with E-state index in [1.807, 2.05) is 0 Å². The van der Waals surface area contributed by atoms with Crippen LogP contribution in [0.1, 0.15) is 23.0 Å². The summed E-state index contributed by atoms with van der Waals surface area (Å²) in [5.74, 6) is 0.273. The highest BCUT2D eigenvalue weighted by Crippen LogP contribution is 2.25. The van der Waals surface area contributed by atoms with Gasteiger partial charge in [-0.25, -0.2) is 4.39 Å². The molecule has 2 rings (SSSR count). The van der Waals surface area contributed by atoms with Crippen LogP contribution in [0.3, 0.4) is 0 Å². The molecule has 17 heavy (non-hydrogen) atoms. The van der Waals surface area contributed by atoms with Crippen LogP contribution < -0.4 is 0 Å². The summed E-state index contributed by atoms with van der Waals surface area (Å²) in [6.45, 7) is 1.76. The van der Waals surface area contributed by atoms with Crippen LogP contribution in [0.2, 0.25) is 5.02 Å². The fraction of sp³-hybridized carbons (Fsp3) is 0.231. The first-order valence-electron chi connectivity index (χ1n) is 5.24. The van der Waals surface area contributed by atoms with Gasteiger partial charge in [-0.2, -0.15) is 0 Å². The second kappa shape index (κ2) is 4.90. The second-order valence-corrected chi connectivity index (χ2v) is 4.32. The Kier molecular flexibility index (Phi) is 3.50. The first-order valence-corrected chi connectivity index (χ1v) is 5.61. The lowest BCUT2D eigenvalue weighted by Gasteiger charge is -2.10. The largest absolute Gasteiger partial charge is 0.469 e. The molecule has 0 aliphatic rings. The van der Waals surface area contributed by atoms with Gasteiger partial charge in [-0.1, -0.05) is 11.6 Å². The Morgan fingerprint density at radius 2 is 2.18 bits per heavy atom. The zero-order valence-electron chi connectivity index (χ0n) is 9.28. The van der Waals surface area contributed by atoms with E-state index in [1.165, 1.54) is 24.5 Å². The highest BCUT2D eigenvalue weighted by atomic mass is 35.5. The summed E-state index contributed by atoms with van der Waals surface area (Å²) in [4.78, 5) is 0. The van der Waals surface area contributed by atoms with Crippen molar-refractivity contribution < 1.29 is 13.9 Å². The number of aryl methyl sites for hydroxylation is 1. The molecule has 0 saturated heterocycles. The van der Waals surface area contributed by atoms with E-state index in [0.29, 0.717) is 21.9 Å². The molecule has 0 amide bonds. The highest BCUT2D eigenvalue weighted by Gasteiger charge is 2.15. The fourth-order valence-electron chi connectivity index (χ4n) is 1.76. The van der Waals surface area contributed by atoms with E-state index in [-0.39, 0.29) is 12.2 Å². The molecule has 0 fully saturated rings. The molecule has 1 unspecified atom stereocenters. The summed E-state index contributed by atoms with van der Waals surface area (Å²) in [5.41, 5.74) is 1.06. The van der Waals surface area contributed by atoms with E-state index in [2.05, 4.69) is 0 Å². The smallest absolute Gasteiger partial charge is 0.126 e. The molecule has 0 aliphatic heterocycles. The van der Waals surface area contributed by atoms with Gasteiger partial charge in [0, 0.05) is 17.0 Å². The normalized spacial score (nSPS) is 12.7. The molecule has 0 spiro atoms. The van der Waals surface area contributed by atoms with E-state index in [9.17, 15) is 9.50 Å². The van der Waals surface area contributed by atoms with Crippen LogP contribution in [0.4, 0.5) is 4.39 Å². The Labute approximate surface area is 104 Å². The monoisotopic (exact) mass is 254 g/mol. The summed E-state index contributed by atoms with van der Waals surface area (Å²) in [5, 5.41) is 10.4. The maximum absolute atomic E-state index is 13.5. The van der Waals surface area contributed by atoms with Gasteiger partial charge in [0.1, 0.15) is 11.6 Å². The van der Waals surface area contributed by atoms with Gasteiger partial charge < -0.3 is 9.52 Å². The molecule has 90 valence electrons. The summed E-state index contributed by atoms with van der Waals surface area (Å²) < 4.78 is 18.6. The standard InChI is InChI=1S/C13H12ClFO2/c1-8-11(4-5-17-8)13(16)7-9-6-10(14)2-3-12(9)15/h2-6,13,16H,7H2,1H3. The zero-order chi connectivity index (χ0) is 12.4. The molecule has 1 N–H and O–H groups in total. The van der Waals surface area contributed by atoms with Gasteiger partial charge in [0.2, 0.25) is 0 Å².